The Kier molecular flexibility index (Phi) is 7.06. The number of fused-ring (bicyclic) bond motifs is 2. The zero-order valence-electron chi connectivity index (χ0n) is 23.5. The molecule has 8 N–H and O–H groups in total. The van der Waals surface area contributed by atoms with Gasteiger partial charge in [-0.05, 0) is 67.8 Å². The number of rotatable bonds is 7. The molecule has 0 radical (unpaired) electrons. The van der Waals surface area contributed by atoms with E-state index in [1.165, 1.54) is 23.4 Å². The summed E-state index contributed by atoms with van der Waals surface area (Å²) in [5, 5.41) is 35.4. The number of aliphatic hydroxyl groups is 2. The van der Waals surface area contributed by atoms with Crippen molar-refractivity contribution in [3.05, 3.63) is 41.6 Å². The number of nitrogens with one attached hydrogen (secondary N) is 4. The van der Waals surface area contributed by atoms with Crippen LogP contribution in [0.15, 0.2) is 30.5 Å². The van der Waals surface area contributed by atoms with Gasteiger partial charge in [0.2, 0.25) is 0 Å². The van der Waals surface area contributed by atoms with Crippen molar-refractivity contribution in [3.63, 3.8) is 0 Å². The minimum Gasteiger partial charge on any atom is -0.387 e. The fourth-order valence-corrected chi connectivity index (χ4v) is 6.53. The first-order valence-corrected chi connectivity index (χ1v) is 14.4. The maximum absolute atomic E-state index is 10.8. The summed E-state index contributed by atoms with van der Waals surface area (Å²) in [6.07, 6.45) is 3.41. The Bertz CT molecular complexity index is 1170. The fraction of sp³-hybridized carbons (Fsp3) is 0.655. The van der Waals surface area contributed by atoms with Crippen LogP contribution in [0.4, 0.5) is 17.2 Å². The molecular formula is C29H45N7O3. The molecule has 6 atom stereocenters. The number of benzene rings is 1. The number of anilines is 3. The van der Waals surface area contributed by atoms with Gasteiger partial charge in [0, 0.05) is 24.3 Å². The fourth-order valence-electron chi connectivity index (χ4n) is 6.53. The van der Waals surface area contributed by atoms with E-state index in [-0.39, 0.29) is 17.7 Å². The second kappa shape index (κ2) is 10.2. The number of nitrogens with two attached hydrogens (primary N) is 1. The molecular weight excluding hydrogens is 494 g/mol. The summed E-state index contributed by atoms with van der Waals surface area (Å²) >= 11 is 0. The van der Waals surface area contributed by atoms with Crippen LogP contribution in [0.1, 0.15) is 70.0 Å². The summed E-state index contributed by atoms with van der Waals surface area (Å²) in [5.41, 5.74) is 11.0. The van der Waals surface area contributed by atoms with Crippen LogP contribution in [-0.2, 0) is 10.2 Å². The molecule has 1 saturated carbocycles. The number of nitrogens with zero attached hydrogens (tertiary/aromatic N) is 2. The Balaban J connectivity index is 0.964. The quantitative estimate of drug-likeness (QED) is 0.284. The topological polar surface area (TPSA) is 132 Å². The molecule has 1 aromatic carbocycles. The van der Waals surface area contributed by atoms with Gasteiger partial charge in [0.05, 0.1) is 30.4 Å². The third-order valence-corrected chi connectivity index (χ3v) is 9.18. The lowest BCUT2D eigenvalue weighted by atomic mass is 9.76. The molecule has 1 saturated heterocycles. The number of hydrogen-bond donors (Lipinski definition) is 7. The first-order chi connectivity index (χ1) is 18.6. The molecule has 1 aliphatic carbocycles. The van der Waals surface area contributed by atoms with Crippen LogP contribution in [0, 0.1) is 5.92 Å². The molecule has 1 aromatic heterocycles. The van der Waals surface area contributed by atoms with E-state index in [2.05, 4.69) is 72.2 Å². The van der Waals surface area contributed by atoms with E-state index in [1.54, 1.807) is 0 Å². The highest BCUT2D eigenvalue weighted by atomic mass is 16.6. The van der Waals surface area contributed by atoms with Crippen LogP contribution < -0.4 is 27.0 Å². The van der Waals surface area contributed by atoms with E-state index in [9.17, 15) is 10.2 Å². The van der Waals surface area contributed by atoms with Gasteiger partial charge in [0.1, 0.15) is 24.1 Å². The zero-order chi connectivity index (χ0) is 27.5. The predicted octanol–water partition coefficient (Wildman–Crippen LogP) is 2.69. The number of hydrogen-bond acceptors (Lipinski definition) is 9. The number of ether oxygens (including phenoxy) is 1. The van der Waals surface area contributed by atoms with Crippen LogP contribution in [0.3, 0.4) is 0 Å². The van der Waals surface area contributed by atoms with Crippen molar-refractivity contribution in [1.82, 2.24) is 14.8 Å². The minimum atomic E-state index is -1.00. The first kappa shape index (κ1) is 26.9. The highest BCUT2D eigenvalue weighted by Gasteiger charge is 2.46. The third-order valence-electron chi connectivity index (χ3n) is 9.18. The molecule has 2 aromatic rings. The highest BCUT2D eigenvalue weighted by molar-refractivity contribution is 5.75. The molecule has 0 amide bonds. The van der Waals surface area contributed by atoms with Gasteiger partial charge < -0.3 is 46.1 Å². The van der Waals surface area contributed by atoms with Crippen LogP contribution in [0.2, 0.25) is 0 Å². The van der Waals surface area contributed by atoms with Gasteiger partial charge in [0.25, 0.3) is 0 Å². The average molecular weight is 540 g/mol. The molecule has 4 aliphatic rings. The van der Waals surface area contributed by atoms with Crippen molar-refractivity contribution >= 4 is 17.2 Å². The molecule has 214 valence electrons. The van der Waals surface area contributed by atoms with Gasteiger partial charge in [-0.15, -0.1) is 0 Å². The zero-order valence-corrected chi connectivity index (χ0v) is 23.5. The van der Waals surface area contributed by atoms with Crippen molar-refractivity contribution in [2.75, 3.05) is 36.2 Å². The summed E-state index contributed by atoms with van der Waals surface area (Å²) in [7, 11) is 2.10. The van der Waals surface area contributed by atoms with Gasteiger partial charge >= 0.3 is 0 Å². The second-order valence-corrected chi connectivity index (χ2v) is 13.0. The summed E-state index contributed by atoms with van der Waals surface area (Å²) in [5.74, 6) is 1.54. The molecule has 10 nitrogen and oxygen atoms in total. The smallest absolute Gasteiger partial charge is 0.164 e. The van der Waals surface area contributed by atoms with E-state index >= 15 is 0 Å². The SMILES string of the molecule is CN(C[C@H]1O[C@@H](n2ccc3c2NCNC3N)[C@H](O)[C@@H]1O)[C@H]1C[C@H](CCC2Nc3ccc(C(C)(C)C)cc3N2)C1. The van der Waals surface area contributed by atoms with Crippen molar-refractivity contribution in [2.45, 2.75) is 94.8 Å². The van der Waals surface area contributed by atoms with Crippen LogP contribution >= 0.6 is 0 Å². The molecule has 10 heteroatoms. The van der Waals surface area contributed by atoms with E-state index in [0.717, 1.165) is 30.6 Å². The number of likely N-dealkylation sites (N-methyl/N-ethyl adjacent to an activating group) is 1. The van der Waals surface area contributed by atoms with E-state index < -0.39 is 24.5 Å². The van der Waals surface area contributed by atoms with Gasteiger partial charge in [0.15, 0.2) is 6.23 Å². The van der Waals surface area contributed by atoms with Gasteiger partial charge in [-0.2, -0.15) is 0 Å². The van der Waals surface area contributed by atoms with Gasteiger partial charge in [-0.25, -0.2) is 0 Å². The molecule has 4 heterocycles. The summed E-state index contributed by atoms with van der Waals surface area (Å²) in [4.78, 5) is 2.29. The first-order valence-electron chi connectivity index (χ1n) is 14.4. The van der Waals surface area contributed by atoms with E-state index in [4.69, 9.17) is 10.5 Å². The monoisotopic (exact) mass is 539 g/mol. The molecule has 0 spiro atoms. The predicted molar refractivity (Wildman–Crippen MR) is 153 cm³/mol. The average Bonchev–Trinajstić information content (AvgIpc) is 3.54. The van der Waals surface area contributed by atoms with Gasteiger partial charge in [-0.3, -0.25) is 5.32 Å². The lowest BCUT2D eigenvalue weighted by Gasteiger charge is -2.42. The molecule has 6 rings (SSSR count). The maximum Gasteiger partial charge on any atom is 0.164 e. The third kappa shape index (κ3) is 5.14. The normalized spacial score (nSPS) is 33.6. The Morgan fingerprint density at radius 1 is 1.08 bits per heavy atom. The molecule has 39 heavy (non-hydrogen) atoms. The van der Waals surface area contributed by atoms with Crippen LogP contribution in [0.5, 0.6) is 0 Å². The van der Waals surface area contributed by atoms with Crippen molar-refractivity contribution in [1.29, 1.82) is 0 Å². The Hall–Kier alpha value is -2.34. The Morgan fingerprint density at radius 2 is 1.85 bits per heavy atom. The summed E-state index contributed by atoms with van der Waals surface area (Å²) in [6.45, 7) is 7.87. The summed E-state index contributed by atoms with van der Waals surface area (Å²) < 4.78 is 8.08. The van der Waals surface area contributed by atoms with Crippen molar-refractivity contribution in [3.8, 4) is 0 Å². The largest absolute Gasteiger partial charge is 0.387 e. The van der Waals surface area contributed by atoms with Crippen molar-refractivity contribution < 1.29 is 14.9 Å². The second-order valence-electron chi connectivity index (χ2n) is 13.0. The van der Waals surface area contributed by atoms with E-state index in [1.807, 2.05) is 16.8 Å². The Morgan fingerprint density at radius 3 is 2.62 bits per heavy atom. The van der Waals surface area contributed by atoms with Crippen molar-refractivity contribution in [2.24, 2.45) is 11.7 Å². The summed E-state index contributed by atoms with van der Waals surface area (Å²) in [6, 6.07) is 9.11. The van der Waals surface area contributed by atoms with Crippen LogP contribution in [-0.4, -0.2) is 70.5 Å². The molecule has 2 fully saturated rings. The standard InChI is InChI=1S/C29H45N7O3/c1-29(2,3)17-6-7-20-21(13-17)34-23(33-20)8-5-16-11-18(12-16)35(4)14-22-24(37)25(38)28(39-22)36-10-9-19-26(30)31-15-32-27(19)36/h6-7,9-10,13,16,18,22-26,28,31-34,37-38H,5,8,11-12,14-15,30H2,1-4H3/t16-,18-,22-,23?,24-,25-,26?,28-/m1/s1. The number of aliphatic hydroxyl groups excluding tert-OH is 2. The van der Waals surface area contributed by atoms with Gasteiger partial charge in [-0.1, -0.05) is 26.8 Å². The lowest BCUT2D eigenvalue weighted by molar-refractivity contribution is -0.0520. The Labute approximate surface area is 231 Å². The lowest BCUT2D eigenvalue weighted by Crippen LogP contribution is -2.48. The molecule has 3 aliphatic heterocycles. The minimum absolute atomic E-state index is 0.144. The van der Waals surface area contributed by atoms with Crippen LogP contribution in [0.25, 0.3) is 0 Å². The van der Waals surface area contributed by atoms with E-state index in [0.29, 0.717) is 25.2 Å². The number of aromatic nitrogens is 1. The molecule has 0 bridgehead atoms. The highest BCUT2D eigenvalue weighted by Crippen LogP contribution is 2.40. The maximum atomic E-state index is 10.8. The molecule has 2 unspecified atom stereocenters.